The van der Waals surface area contributed by atoms with Gasteiger partial charge in [-0.15, -0.1) is 0 Å². The van der Waals surface area contributed by atoms with E-state index in [1.54, 1.807) is 29.1 Å². The van der Waals surface area contributed by atoms with Crippen molar-refractivity contribution in [2.45, 2.75) is 26.2 Å². The normalized spacial score (nSPS) is 14.2. The van der Waals surface area contributed by atoms with Gasteiger partial charge in [0.25, 0.3) is 6.33 Å². The Morgan fingerprint density at radius 3 is 2.03 bits per heavy atom. The molecule has 12 rings (SSSR count). The van der Waals surface area contributed by atoms with Crippen molar-refractivity contribution in [3.8, 4) is 50.9 Å². The fraction of sp³-hybridized carbons (Fsp3) is 0.0690. The predicted molar refractivity (Wildman–Crippen MR) is 260 cm³/mol. The monoisotopic (exact) mass is 837 g/mol. The lowest BCUT2D eigenvalue weighted by Crippen LogP contribution is -2.31. The number of aromatic nitrogens is 4. The summed E-state index contributed by atoms with van der Waals surface area (Å²) in [6.45, 7) is 6.54. The molecule has 0 aliphatic carbocycles. The zero-order valence-corrected chi connectivity index (χ0v) is 35.0. The number of ether oxygens (including phenoxy) is 1. The highest BCUT2D eigenvalue weighted by Crippen LogP contribution is 2.40. The van der Waals surface area contributed by atoms with E-state index in [0.29, 0.717) is 39.4 Å². The molecule has 0 fully saturated rings. The SMILES string of the molecule is [2H]c1c([2H])c([2H])c(-c2cccc(-c3c([2H])c([2H])c([2H])c([2H])c3[2H])c2-[n+]2cn(-c3cccc(Oc4ccc5c6ccccc6n(-c6cc(C(C)(C)C)ccn6)c5c4)c3)c3ccc4c5ccccc5oc4c32)c([2H])c1[2H]. The smallest absolute Gasteiger partial charge is 0.255 e. The van der Waals surface area contributed by atoms with E-state index in [9.17, 15) is 5.48 Å². The summed E-state index contributed by atoms with van der Waals surface area (Å²) >= 11 is 0. The van der Waals surface area contributed by atoms with E-state index in [-0.39, 0.29) is 33.4 Å². The van der Waals surface area contributed by atoms with Crippen LogP contribution < -0.4 is 9.30 Å². The first-order valence-electron chi connectivity index (χ1n) is 25.9. The van der Waals surface area contributed by atoms with Crippen molar-refractivity contribution in [1.29, 1.82) is 0 Å². The number of imidazole rings is 1. The minimum Gasteiger partial charge on any atom is -0.457 e. The Balaban J connectivity index is 1.10. The molecule has 0 saturated carbocycles. The molecule has 0 atom stereocenters. The van der Waals surface area contributed by atoms with E-state index in [1.165, 1.54) is 0 Å². The van der Waals surface area contributed by atoms with Gasteiger partial charge in [0.2, 0.25) is 5.52 Å². The lowest BCUT2D eigenvalue weighted by molar-refractivity contribution is -0.565. The number of hydrogen-bond donors (Lipinski definition) is 0. The van der Waals surface area contributed by atoms with Crippen LogP contribution >= 0.6 is 0 Å². The molecule has 64 heavy (non-hydrogen) atoms. The molecule has 0 aliphatic heterocycles. The third-order valence-corrected chi connectivity index (χ3v) is 11.9. The van der Waals surface area contributed by atoms with Crippen molar-refractivity contribution in [1.82, 2.24) is 14.1 Å². The summed E-state index contributed by atoms with van der Waals surface area (Å²) in [5, 5.41) is 3.71. The van der Waals surface area contributed by atoms with Gasteiger partial charge in [0, 0.05) is 51.0 Å². The first-order chi connectivity index (χ1) is 35.5. The fourth-order valence-electron chi connectivity index (χ4n) is 8.88. The van der Waals surface area contributed by atoms with Crippen LogP contribution in [0.4, 0.5) is 0 Å². The van der Waals surface area contributed by atoms with Crippen LogP contribution in [-0.2, 0) is 5.41 Å². The van der Waals surface area contributed by atoms with Gasteiger partial charge in [-0.1, -0.05) is 142 Å². The van der Waals surface area contributed by atoms with E-state index in [4.69, 9.17) is 22.4 Å². The number of nitrogens with zero attached hydrogens (tertiary/aromatic N) is 4. The van der Waals surface area contributed by atoms with Crippen LogP contribution in [0.2, 0.25) is 0 Å². The average molecular weight is 838 g/mol. The van der Waals surface area contributed by atoms with Crippen molar-refractivity contribution < 1.29 is 27.4 Å². The van der Waals surface area contributed by atoms with Gasteiger partial charge in [0.05, 0.1) is 24.7 Å². The van der Waals surface area contributed by atoms with Crippen molar-refractivity contribution in [3.63, 3.8) is 0 Å². The Morgan fingerprint density at radius 2 is 1.27 bits per heavy atom. The van der Waals surface area contributed by atoms with E-state index in [1.807, 2.05) is 102 Å². The zero-order chi connectivity index (χ0) is 51.6. The highest BCUT2D eigenvalue weighted by molar-refractivity contribution is 6.13. The molecule has 0 aliphatic rings. The topological polar surface area (TPSA) is 49.0 Å². The van der Waals surface area contributed by atoms with Crippen LogP contribution in [0, 0.1) is 0 Å². The molecule has 6 nitrogen and oxygen atoms in total. The summed E-state index contributed by atoms with van der Waals surface area (Å²) in [6.07, 6.45) is 3.62. The van der Waals surface area contributed by atoms with Crippen LogP contribution in [0.1, 0.15) is 40.0 Å². The van der Waals surface area contributed by atoms with Crippen LogP contribution in [0.15, 0.2) is 211 Å². The maximum atomic E-state index is 9.19. The minimum atomic E-state index is -0.576. The Hall–Kier alpha value is -8.22. The molecule has 6 heteroatoms. The average Bonchev–Trinajstić information content (AvgIpc) is 4.09. The van der Waals surface area contributed by atoms with Gasteiger partial charge < -0.3 is 9.15 Å². The molecule has 4 aromatic heterocycles. The van der Waals surface area contributed by atoms with Crippen LogP contribution in [0.5, 0.6) is 11.5 Å². The van der Waals surface area contributed by atoms with Gasteiger partial charge in [-0.3, -0.25) is 4.57 Å². The Morgan fingerprint density at radius 1 is 0.594 bits per heavy atom. The first-order valence-corrected chi connectivity index (χ1v) is 20.9. The second-order valence-electron chi connectivity index (χ2n) is 16.7. The Labute approximate surface area is 384 Å². The predicted octanol–water partition coefficient (Wildman–Crippen LogP) is 14.7. The number of hydrogen-bond acceptors (Lipinski definition) is 3. The minimum absolute atomic E-state index is 0.0987. The molecule has 0 unspecified atom stereocenters. The third kappa shape index (κ3) is 6.17. The van der Waals surface area contributed by atoms with Crippen LogP contribution in [0.3, 0.4) is 0 Å². The number of furan rings is 1. The first kappa shape index (κ1) is 28.4. The molecule has 0 spiro atoms. The van der Waals surface area contributed by atoms with E-state index in [0.717, 1.165) is 44.0 Å². The number of rotatable bonds is 7. The lowest BCUT2D eigenvalue weighted by Gasteiger charge is -2.20. The summed E-state index contributed by atoms with van der Waals surface area (Å²) in [6, 6.07) is 37.0. The molecule has 12 aromatic rings. The molecule has 306 valence electrons. The van der Waals surface area contributed by atoms with E-state index in [2.05, 4.69) is 49.6 Å². The number of fused-ring (bicyclic) bond motifs is 8. The van der Waals surface area contributed by atoms with Crippen molar-refractivity contribution in [3.05, 3.63) is 212 Å². The quantitative estimate of drug-likeness (QED) is 0.150. The largest absolute Gasteiger partial charge is 0.457 e. The number of pyridine rings is 1. The summed E-state index contributed by atoms with van der Waals surface area (Å²) in [4.78, 5) is 4.84. The third-order valence-electron chi connectivity index (χ3n) is 11.9. The highest BCUT2D eigenvalue weighted by atomic mass is 16.5. The van der Waals surface area contributed by atoms with Gasteiger partial charge in [0.15, 0.2) is 11.1 Å². The summed E-state index contributed by atoms with van der Waals surface area (Å²) in [5.74, 6) is 1.88. The summed E-state index contributed by atoms with van der Waals surface area (Å²) < 4.78 is 108. The van der Waals surface area contributed by atoms with Crippen molar-refractivity contribution in [2.24, 2.45) is 0 Å². The molecular formula is C58H43N4O2+. The standard InChI is InChI=1S/C58H43N4O2/c1-58(2,3)40-32-33-59-54(34-40)62-50-26-12-10-22-46(50)47-29-28-43(36-52(47)62)63-42-21-14-20-41(35-42)60-37-61(56-51(60)31-30-49-48-23-11-13-27-53(48)64-57(49)56)55-44(38-16-6-4-7-17-38)24-15-25-45(55)39-18-8-5-9-19-39/h4-37H,1-3H3/q+1/i4D,5D,6D,7D,8D,9D,16D,17D,18D,19D. The van der Waals surface area contributed by atoms with Crippen molar-refractivity contribution in [2.75, 3.05) is 0 Å². The molecule has 0 radical (unpaired) electrons. The van der Waals surface area contributed by atoms with Gasteiger partial charge >= 0.3 is 0 Å². The second-order valence-corrected chi connectivity index (χ2v) is 16.7. The maximum Gasteiger partial charge on any atom is 0.255 e. The van der Waals surface area contributed by atoms with Gasteiger partial charge in [-0.05, 0) is 82.8 Å². The number of benzene rings is 8. The maximum absolute atomic E-state index is 9.19. The van der Waals surface area contributed by atoms with E-state index >= 15 is 0 Å². The van der Waals surface area contributed by atoms with Gasteiger partial charge in [-0.2, -0.15) is 9.13 Å². The number of para-hydroxylation sites is 3. The Kier molecular flexibility index (Phi) is 6.53. The Bertz CT molecular complexity index is 4220. The summed E-state index contributed by atoms with van der Waals surface area (Å²) in [7, 11) is 0. The fourth-order valence-corrected chi connectivity index (χ4v) is 8.88. The van der Waals surface area contributed by atoms with Gasteiger partial charge in [0.1, 0.15) is 34.3 Å². The molecule has 0 amide bonds. The lowest BCUT2D eigenvalue weighted by atomic mass is 9.88. The van der Waals surface area contributed by atoms with Crippen LogP contribution in [-0.4, -0.2) is 14.1 Å². The molecule has 0 N–H and O–H groups in total. The van der Waals surface area contributed by atoms with Crippen LogP contribution in [0.25, 0.3) is 94.2 Å². The highest BCUT2D eigenvalue weighted by Gasteiger charge is 2.29. The van der Waals surface area contributed by atoms with Gasteiger partial charge in [-0.25, -0.2) is 4.98 Å². The molecule has 0 saturated heterocycles. The molecule has 8 aromatic carbocycles. The molecule has 0 bridgehead atoms. The van der Waals surface area contributed by atoms with E-state index < -0.39 is 60.4 Å². The zero-order valence-electron chi connectivity index (χ0n) is 45.0. The van der Waals surface area contributed by atoms with Crippen molar-refractivity contribution >= 4 is 54.8 Å². The molecular weight excluding hydrogens is 785 g/mol. The summed E-state index contributed by atoms with van der Waals surface area (Å²) in [5.41, 5.74) is 5.96. The second kappa shape index (κ2) is 14.7. The molecule has 4 heterocycles.